The number of carbonyl (C=O) groups is 1. The van der Waals surface area contributed by atoms with Gasteiger partial charge in [0.1, 0.15) is 11.6 Å². The maximum absolute atomic E-state index is 12.6. The first-order chi connectivity index (χ1) is 11.7. The minimum atomic E-state index is -0.0221. The van der Waals surface area contributed by atoms with Gasteiger partial charge in [-0.05, 0) is 18.8 Å². The van der Waals surface area contributed by atoms with Crippen LogP contribution in [0.3, 0.4) is 0 Å². The first-order valence-electron chi connectivity index (χ1n) is 8.52. The van der Waals surface area contributed by atoms with Crippen LogP contribution >= 0.6 is 0 Å². The highest BCUT2D eigenvalue weighted by Crippen LogP contribution is 2.39. The van der Waals surface area contributed by atoms with E-state index >= 15 is 0 Å². The summed E-state index contributed by atoms with van der Waals surface area (Å²) in [6.45, 7) is 3.55. The molecule has 0 bridgehead atoms. The monoisotopic (exact) mass is 327 g/mol. The van der Waals surface area contributed by atoms with Crippen molar-refractivity contribution in [1.82, 2.24) is 20.0 Å². The van der Waals surface area contributed by atoms with Crippen molar-refractivity contribution in [3.05, 3.63) is 36.1 Å². The molecule has 1 N–H and O–H groups in total. The average Bonchev–Trinajstić information content (AvgIpc) is 3.32. The Kier molecular flexibility index (Phi) is 3.92. The Labute approximate surface area is 140 Å². The van der Waals surface area contributed by atoms with Crippen molar-refractivity contribution in [3.8, 4) is 0 Å². The molecule has 3 heterocycles. The number of hydrogen-bond donors (Lipinski definition) is 1. The predicted octanol–water partition coefficient (Wildman–Crippen LogP) is 1.99. The highest BCUT2D eigenvalue weighted by atomic mass is 16.5. The summed E-state index contributed by atoms with van der Waals surface area (Å²) in [6, 6.07) is 2.10. The van der Waals surface area contributed by atoms with E-state index in [4.69, 9.17) is 4.52 Å². The summed E-state index contributed by atoms with van der Waals surface area (Å²) >= 11 is 0. The Hall–Kier alpha value is -2.44. The van der Waals surface area contributed by atoms with Crippen LogP contribution in [0, 0.1) is 11.8 Å². The van der Waals surface area contributed by atoms with E-state index in [-0.39, 0.29) is 5.91 Å². The number of carbonyl (C=O) groups excluding carboxylic acids is 1. The van der Waals surface area contributed by atoms with E-state index in [0.29, 0.717) is 23.6 Å². The number of fused-ring (bicyclic) bond motifs is 1. The van der Waals surface area contributed by atoms with Gasteiger partial charge in [-0.2, -0.15) is 0 Å². The van der Waals surface area contributed by atoms with Crippen molar-refractivity contribution < 1.29 is 9.32 Å². The minimum absolute atomic E-state index is 0.0221. The highest BCUT2D eigenvalue weighted by molar-refractivity contribution is 5.92. The Morgan fingerprint density at radius 2 is 2.29 bits per heavy atom. The van der Waals surface area contributed by atoms with E-state index in [0.717, 1.165) is 43.9 Å². The molecule has 7 heteroatoms. The lowest BCUT2D eigenvalue weighted by molar-refractivity contribution is 0.0769. The lowest BCUT2D eigenvalue weighted by atomic mass is 9.98. The molecule has 0 unspecified atom stereocenters. The fourth-order valence-electron chi connectivity index (χ4n) is 3.92. The molecule has 2 fully saturated rings. The van der Waals surface area contributed by atoms with E-state index in [1.54, 1.807) is 24.7 Å². The summed E-state index contributed by atoms with van der Waals surface area (Å²) in [7, 11) is 0. The van der Waals surface area contributed by atoms with Gasteiger partial charge in [-0.1, -0.05) is 12.1 Å². The summed E-state index contributed by atoms with van der Waals surface area (Å²) in [5.41, 5.74) is 0.422. The number of nitrogens with zero attached hydrogens (tertiary/aromatic N) is 4. The molecule has 1 saturated carbocycles. The molecule has 0 radical (unpaired) electrons. The van der Waals surface area contributed by atoms with Crippen LogP contribution in [0.1, 0.15) is 36.0 Å². The van der Waals surface area contributed by atoms with Crippen LogP contribution in [0.4, 0.5) is 5.82 Å². The SMILES string of the molecule is CCc1cc(C(=O)N2C[C@@H]3CC[C@@H](Nc4cnccn4)[C@@H]3C2)no1. The van der Waals surface area contributed by atoms with Gasteiger partial charge < -0.3 is 14.7 Å². The van der Waals surface area contributed by atoms with Gasteiger partial charge >= 0.3 is 0 Å². The lowest BCUT2D eigenvalue weighted by Crippen LogP contribution is -2.33. The zero-order valence-electron chi connectivity index (χ0n) is 13.7. The van der Waals surface area contributed by atoms with Gasteiger partial charge in [0.2, 0.25) is 0 Å². The van der Waals surface area contributed by atoms with Crippen molar-refractivity contribution >= 4 is 11.7 Å². The fourth-order valence-corrected chi connectivity index (χ4v) is 3.92. The Bertz CT molecular complexity index is 717. The van der Waals surface area contributed by atoms with Crippen molar-refractivity contribution in [2.24, 2.45) is 11.8 Å². The molecule has 2 aliphatic rings. The molecule has 3 atom stereocenters. The first-order valence-corrected chi connectivity index (χ1v) is 8.52. The van der Waals surface area contributed by atoms with Crippen LogP contribution < -0.4 is 5.32 Å². The zero-order chi connectivity index (χ0) is 16.5. The normalized spacial score (nSPS) is 25.7. The molecule has 1 saturated heterocycles. The largest absolute Gasteiger partial charge is 0.366 e. The number of hydrogen-bond acceptors (Lipinski definition) is 6. The minimum Gasteiger partial charge on any atom is -0.366 e. The van der Waals surface area contributed by atoms with Crippen LogP contribution in [0.15, 0.2) is 29.2 Å². The van der Waals surface area contributed by atoms with E-state index in [2.05, 4.69) is 20.4 Å². The molecule has 126 valence electrons. The van der Waals surface area contributed by atoms with Crippen LogP contribution in [0.25, 0.3) is 0 Å². The Morgan fingerprint density at radius 3 is 3.04 bits per heavy atom. The van der Waals surface area contributed by atoms with Gasteiger partial charge in [0.15, 0.2) is 5.69 Å². The van der Waals surface area contributed by atoms with Crippen LogP contribution in [0.5, 0.6) is 0 Å². The summed E-state index contributed by atoms with van der Waals surface area (Å²) in [6.07, 6.45) is 8.09. The second-order valence-electron chi connectivity index (χ2n) is 6.58. The van der Waals surface area contributed by atoms with Crippen molar-refractivity contribution in [1.29, 1.82) is 0 Å². The van der Waals surface area contributed by atoms with E-state index < -0.39 is 0 Å². The van der Waals surface area contributed by atoms with Crippen molar-refractivity contribution in [3.63, 3.8) is 0 Å². The van der Waals surface area contributed by atoms with Gasteiger partial charge in [-0.25, -0.2) is 4.98 Å². The highest BCUT2D eigenvalue weighted by Gasteiger charge is 2.44. The molecule has 0 aromatic carbocycles. The number of aromatic nitrogens is 3. The van der Waals surface area contributed by atoms with Crippen molar-refractivity contribution in [2.75, 3.05) is 18.4 Å². The van der Waals surface area contributed by atoms with Gasteiger partial charge in [0, 0.05) is 49.9 Å². The molecule has 4 rings (SSSR count). The first kappa shape index (κ1) is 15.1. The molecule has 0 spiro atoms. The van der Waals surface area contributed by atoms with Gasteiger partial charge in [-0.3, -0.25) is 9.78 Å². The number of nitrogens with one attached hydrogen (secondary N) is 1. The molecule has 1 aliphatic heterocycles. The molecule has 1 amide bonds. The number of likely N-dealkylation sites (tertiary alicyclic amines) is 1. The molecule has 1 aliphatic carbocycles. The second-order valence-corrected chi connectivity index (χ2v) is 6.58. The summed E-state index contributed by atoms with van der Waals surface area (Å²) in [5, 5.41) is 7.39. The van der Waals surface area contributed by atoms with E-state index in [9.17, 15) is 4.79 Å². The third kappa shape index (κ3) is 2.74. The van der Waals surface area contributed by atoms with Crippen LogP contribution in [-0.2, 0) is 6.42 Å². The maximum Gasteiger partial charge on any atom is 0.276 e. The average molecular weight is 327 g/mol. The topological polar surface area (TPSA) is 84.2 Å². The number of aryl methyl sites for hydroxylation is 1. The quantitative estimate of drug-likeness (QED) is 0.924. The molecule has 7 nitrogen and oxygen atoms in total. The second kappa shape index (κ2) is 6.22. The third-order valence-corrected chi connectivity index (χ3v) is 5.17. The third-order valence-electron chi connectivity index (χ3n) is 5.17. The van der Waals surface area contributed by atoms with Crippen molar-refractivity contribution in [2.45, 2.75) is 32.2 Å². The zero-order valence-corrected chi connectivity index (χ0v) is 13.7. The van der Waals surface area contributed by atoms with Gasteiger partial charge in [0.05, 0.1) is 6.20 Å². The molecular weight excluding hydrogens is 306 g/mol. The smallest absolute Gasteiger partial charge is 0.276 e. The molecule has 2 aromatic rings. The lowest BCUT2D eigenvalue weighted by Gasteiger charge is -2.21. The Balaban J connectivity index is 1.43. The standard InChI is InChI=1S/C17H21N5O2/c1-2-12-7-15(21-24-12)17(23)22-9-11-3-4-14(13(11)10-22)20-16-8-18-5-6-19-16/h5-8,11,13-14H,2-4,9-10H2,1H3,(H,19,20)/t11-,13+,14+/m0/s1. The predicted molar refractivity (Wildman–Crippen MR) is 87.4 cm³/mol. The molecular formula is C17H21N5O2. The van der Waals surface area contributed by atoms with Crippen LogP contribution in [-0.4, -0.2) is 45.1 Å². The number of amides is 1. The Morgan fingerprint density at radius 1 is 1.38 bits per heavy atom. The van der Waals surface area contributed by atoms with E-state index in [1.807, 2.05) is 11.8 Å². The summed E-state index contributed by atoms with van der Waals surface area (Å²) in [5.74, 6) is 2.53. The number of rotatable bonds is 4. The summed E-state index contributed by atoms with van der Waals surface area (Å²) in [4.78, 5) is 22.9. The summed E-state index contributed by atoms with van der Waals surface area (Å²) < 4.78 is 5.16. The molecule has 24 heavy (non-hydrogen) atoms. The number of anilines is 1. The van der Waals surface area contributed by atoms with E-state index in [1.165, 1.54) is 0 Å². The molecule has 2 aromatic heterocycles. The fraction of sp³-hybridized carbons (Fsp3) is 0.529. The van der Waals surface area contributed by atoms with Gasteiger partial charge in [0.25, 0.3) is 5.91 Å². The maximum atomic E-state index is 12.6. The van der Waals surface area contributed by atoms with Crippen LogP contribution in [0.2, 0.25) is 0 Å². The van der Waals surface area contributed by atoms with Gasteiger partial charge in [-0.15, -0.1) is 0 Å².